The van der Waals surface area contributed by atoms with Gasteiger partial charge in [0.05, 0.1) is 40.1 Å². The molecule has 0 atom stereocenters. The zero-order chi connectivity index (χ0) is 33.1. The van der Waals surface area contributed by atoms with Crippen molar-refractivity contribution in [3.63, 3.8) is 0 Å². The minimum Gasteiger partial charge on any atom is -0.496 e. The summed E-state index contributed by atoms with van der Waals surface area (Å²) in [5.74, 6) is 1.22. The van der Waals surface area contributed by atoms with Crippen molar-refractivity contribution >= 4 is 34.5 Å². The van der Waals surface area contributed by atoms with Crippen LogP contribution < -0.4 is 15.3 Å². The summed E-state index contributed by atoms with van der Waals surface area (Å²) in [7, 11) is 1.62. The first-order valence-corrected chi connectivity index (χ1v) is 16.1. The summed E-state index contributed by atoms with van der Waals surface area (Å²) in [6.45, 7) is 15.0. The minimum atomic E-state index is -0.591. The summed E-state index contributed by atoms with van der Waals surface area (Å²) in [6.07, 6.45) is 3.15. The monoisotopic (exact) mass is 644 g/mol. The zero-order valence-corrected chi connectivity index (χ0v) is 28.5. The van der Waals surface area contributed by atoms with Crippen molar-refractivity contribution in [2.75, 3.05) is 31.6 Å². The molecule has 3 aromatic heterocycles. The number of fused-ring (bicyclic) bond motifs is 1. The quantitative estimate of drug-likeness (QED) is 0.233. The number of nitrogens with zero attached hydrogens (tertiary/aromatic N) is 6. The number of hydrogen-bond donors (Lipinski definition) is 0. The highest BCUT2D eigenvalue weighted by Crippen LogP contribution is 2.48. The van der Waals surface area contributed by atoms with E-state index in [1.165, 1.54) is 0 Å². The fraction of sp³-hybridized carbons (Fsp3) is 0.457. The van der Waals surface area contributed by atoms with Gasteiger partial charge >= 0.3 is 11.8 Å². The van der Waals surface area contributed by atoms with Crippen molar-refractivity contribution in [1.29, 1.82) is 0 Å². The number of aromatic nitrogens is 4. The maximum Gasteiger partial charge on any atom is 0.410 e. The molecular weight excluding hydrogens is 604 g/mol. The molecule has 0 N–H and O–H groups in total. The lowest BCUT2D eigenvalue weighted by molar-refractivity contribution is 0.0205. The molecular formula is C35H41ClN6O4. The number of halogens is 1. The average molecular weight is 645 g/mol. The summed E-state index contributed by atoms with van der Waals surface area (Å²) < 4.78 is 13.0. The number of benzene rings is 1. The van der Waals surface area contributed by atoms with Gasteiger partial charge in [0.1, 0.15) is 17.2 Å². The second-order valence-electron chi connectivity index (χ2n) is 13.7. The summed E-state index contributed by atoms with van der Waals surface area (Å²) in [4.78, 5) is 45.8. The Morgan fingerprint density at radius 2 is 1.80 bits per heavy atom. The molecule has 1 saturated heterocycles. The van der Waals surface area contributed by atoms with Crippen LogP contribution in [0.2, 0.25) is 5.02 Å². The number of para-hydroxylation sites is 1. The van der Waals surface area contributed by atoms with Crippen molar-refractivity contribution in [3.05, 3.63) is 68.9 Å². The predicted octanol–water partition coefficient (Wildman–Crippen LogP) is 6.83. The molecule has 46 heavy (non-hydrogen) atoms. The Morgan fingerprint density at radius 1 is 1.07 bits per heavy atom. The predicted molar refractivity (Wildman–Crippen MR) is 181 cm³/mol. The lowest BCUT2D eigenvalue weighted by Crippen LogP contribution is -2.58. The minimum absolute atomic E-state index is 0.0378. The van der Waals surface area contributed by atoms with E-state index in [1.54, 1.807) is 22.8 Å². The Bertz CT molecular complexity index is 1910. The van der Waals surface area contributed by atoms with Gasteiger partial charge in [-0.05, 0) is 82.7 Å². The van der Waals surface area contributed by atoms with Gasteiger partial charge in [-0.2, -0.15) is 4.98 Å². The molecule has 2 aliphatic rings. The number of ether oxygens (including phenoxy) is 2. The van der Waals surface area contributed by atoms with E-state index in [9.17, 15) is 9.59 Å². The third-order valence-corrected chi connectivity index (χ3v) is 9.07. The fourth-order valence-electron chi connectivity index (χ4n) is 6.46. The second kappa shape index (κ2) is 11.6. The largest absolute Gasteiger partial charge is 0.496 e. The molecule has 11 heteroatoms. The zero-order valence-electron chi connectivity index (χ0n) is 27.8. The third kappa shape index (κ3) is 5.57. The van der Waals surface area contributed by atoms with Gasteiger partial charge in [-0.3, -0.25) is 4.98 Å². The van der Waals surface area contributed by atoms with Gasteiger partial charge in [0.25, 0.3) is 0 Å². The number of hydrogen-bond acceptors (Lipinski definition) is 8. The van der Waals surface area contributed by atoms with Gasteiger partial charge in [0, 0.05) is 31.4 Å². The van der Waals surface area contributed by atoms with Gasteiger partial charge in [0.15, 0.2) is 5.65 Å². The average Bonchev–Trinajstić information content (AvgIpc) is 3.75. The normalized spacial score (nSPS) is 16.0. The fourth-order valence-corrected chi connectivity index (χ4v) is 6.71. The molecule has 10 nitrogen and oxygen atoms in total. The summed E-state index contributed by atoms with van der Waals surface area (Å²) in [5, 5.41) is 1.06. The van der Waals surface area contributed by atoms with Crippen LogP contribution in [-0.2, 0) is 4.74 Å². The van der Waals surface area contributed by atoms with E-state index in [4.69, 9.17) is 31.0 Å². The smallest absolute Gasteiger partial charge is 0.410 e. The number of rotatable bonds is 5. The van der Waals surface area contributed by atoms with Crippen molar-refractivity contribution in [3.8, 4) is 22.7 Å². The molecule has 0 radical (unpaired) electrons. The highest BCUT2D eigenvalue weighted by Gasteiger charge is 2.53. The summed E-state index contributed by atoms with van der Waals surface area (Å²) >= 11 is 7.06. The summed E-state index contributed by atoms with van der Waals surface area (Å²) in [5.41, 5.74) is 3.52. The Hall–Kier alpha value is -4.18. The topological polar surface area (TPSA) is 103 Å². The number of carbonyl (C=O) groups excluding carboxylic acids is 1. The van der Waals surface area contributed by atoms with Crippen molar-refractivity contribution in [2.45, 2.75) is 78.4 Å². The van der Waals surface area contributed by atoms with Crippen LogP contribution in [0.15, 0.2) is 41.3 Å². The van der Waals surface area contributed by atoms with E-state index >= 15 is 0 Å². The molecule has 1 aliphatic carbocycles. The SMILES string of the molecule is COc1c(C)cccc1-c1nc2c(cc1Cl)c(N1CCN(C(=O)OC(C)(C)C)CC13CC3)nc(=O)n2-c1c(C)ccnc1C(C)C. The maximum atomic E-state index is 14.3. The van der Waals surface area contributed by atoms with Gasteiger partial charge in [-0.25, -0.2) is 19.1 Å². The number of piperazine rings is 1. The van der Waals surface area contributed by atoms with Crippen LogP contribution in [-0.4, -0.2) is 68.4 Å². The van der Waals surface area contributed by atoms with Crippen LogP contribution in [0, 0.1) is 13.8 Å². The standard InChI is InChI=1S/C35H41ClN6O4/c1-20(2)26-28(21(3)12-15-37-26)42-31-24(18-25(36)27(38-31)23-11-9-10-22(4)29(23)45-8)30(39-32(42)43)41-17-16-40(19-35(41)13-14-35)33(44)46-34(5,6)7/h9-12,15,18,20H,13-14,16-17,19H2,1-8H3. The molecule has 1 amide bonds. The number of anilines is 1. The molecule has 6 rings (SSSR count). The maximum absolute atomic E-state index is 14.3. The molecule has 4 heterocycles. The van der Waals surface area contributed by atoms with E-state index < -0.39 is 11.3 Å². The second-order valence-corrected chi connectivity index (χ2v) is 14.1. The molecule has 1 aliphatic heterocycles. The molecule has 1 spiro atoms. The number of pyridine rings is 2. The van der Waals surface area contributed by atoms with Crippen LogP contribution in [0.5, 0.6) is 5.75 Å². The molecule has 4 aromatic rings. The molecule has 0 unspecified atom stereocenters. The Morgan fingerprint density at radius 3 is 2.46 bits per heavy atom. The van der Waals surface area contributed by atoms with Crippen LogP contribution in [0.1, 0.15) is 70.2 Å². The number of amides is 1. The van der Waals surface area contributed by atoms with E-state index in [0.717, 1.165) is 35.2 Å². The van der Waals surface area contributed by atoms with Crippen LogP contribution in [0.4, 0.5) is 10.6 Å². The van der Waals surface area contributed by atoms with E-state index in [2.05, 4.69) is 23.7 Å². The van der Waals surface area contributed by atoms with E-state index in [0.29, 0.717) is 58.6 Å². The first-order valence-electron chi connectivity index (χ1n) is 15.7. The van der Waals surface area contributed by atoms with Gasteiger partial charge in [-0.1, -0.05) is 37.6 Å². The van der Waals surface area contributed by atoms with Gasteiger partial charge in [-0.15, -0.1) is 0 Å². The van der Waals surface area contributed by atoms with Crippen molar-refractivity contribution < 1.29 is 14.3 Å². The highest BCUT2D eigenvalue weighted by molar-refractivity contribution is 6.34. The Kier molecular flexibility index (Phi) is 7.99. The van der Waals surface area contributed by atoms with Gasteiger partial charge in [0.2, 0.25) is 0 Å². The Labute approximate surface area is 274 Å². The molecule has 1 aromatic carbocycles. The summed E-state index contributed by atoms with van der Waals surface area (Å²) in [6, 6.07) is 9.57. The first kappa shape index (κ1) is 31.8. The third-order valence-electron chi connectivity index (χ3n) is 8.78. The number of aryl methyl sites for hydroxylation is 2. The molecule has 2 fully saturated rings. The van der Waals surface area contributed by atoms with Crippen molar-refractivity contribution in [1.82, 2.24) is 24.4 Å². The molecule has 1 saturated carbocycles. The number of carbonyl (C=O) groups is 1. The lowest BCUT2D eigenvalue weighted by Gasteiger charge is -2.43. The van der Waals surface area contributed by atoms with E-state index in [-0.39, 0.29) is 17.6 Å². The highest BCUT2D eigenvalue weighted by atomic mass is 35.5. The lowest BCUT2D eigenvalue weighted by atomic mass is 10.0. The van der Waals surface area contributed by atoms with Crippen LogP contribution >= 0.6 is 11.6 Å². The Balaban J connectivity index is 1.58. The van der Waals surface area contributed by atoms with Crippen LogP contribution in [0.25, 0.3) is 28.0 Å². The molecule has 242 valence electrons. The number of methoxy groups -OCH3 is 1. The van der Waals surface area contributed by atoms with Crippen LogP contribution in [0.3, 0.4) is 0 Å². The van der Waals surface area contributed by atoms with E-state index in [1.807, 2.05) is 65.0 Å². The molecule has 0 bridgehead atoms. The first-order chi connectivity index (χ1) is 21.7. The van der Waals surface area contributed by atoms with Crippen molar-refractivity contribution in [2.24, 2.45) is 0 Å². The van der Waals surface area contributed by atoms with Gasteiger partial charge < -0.3 is 19.3 Å².